The average molecular weight is 417 g/mol. The van der Waals surface area contributed by atoms with Crippen LogP contribution in [0.5, 0.6) is 0 Å². The van der Waals surface area contributed by atoms with Crippen molar-refractivity contribution in [1.82, 2.24) is 10.3 Å². The van der Waals surface area contributed by atoms with Gasteiger partial charge in [0.05, 0.1) is 20.6 Å². The molecule has 0 atom stereocenters. The van der Waals surface area contributed by atoms with Crippen molar-refractivity contribution in [3.8, 4) is 0 Å². The van der Waals surface area contributed by atoms with Crippen LogP contribution in [0.2, 0.25) is 10.0 Å². The lowest BCUT2D eigenvalue weighted by Gasteiger charge is -2.11. The van der Waals surface area contributed by atoms with Gasteiger partial charge in [0.2, 0.25) is 5.91 Å². The van der Waals surface area contributed by atoms with Gasteiger partial charge in [-0.3, -0.25) is 10.2 Å². The van der Waals surface area contributed by atoms with Crippen LogP contribution in [0.4, 0.5) is 16.2 Å². The van der Waals surface area contributed by atoms with Crippen LogP contribution < -0.4 is 20.9 Å². The van der Waals surface area contributed by atoms with Crippen LogP contribution in [0.3, 0.4) is 0 Å². The van der Waals surface area contributed by atoms with Gasteiger partial charge in [-0.1, -0.05) is 29.3 Å². The maximum atomic E-state index is 12.2. The van der Waals surface area contributed by atoms with Crippen molar-refractivity contribution in [1.29, 1.82) is 0 Å². The first-order valence-corrected chi connectivity index (χ1v) is 9.33. The molecule has 11 heteroatoms. The normalized spacial score (nSPS) is 10.9. The smallest absolute Gasteiger partial charge is 0.326 e. The molecule has 0 heterocycles. The van der Waals surface area contributed by atoms with Crippen molar-refractivity contribution >= 4 is 56.5 Å². The minimum atomic E-state index is -4.00. The molecule has 0 aliphatic heterocycles. The second kappa shape index (κ2) is 8.37. The van der Waals surface area contributed by atoms with Gasteiger partial charge in [0.25, 0.3) is 10.0 Å². The summed E-state index contributed by atoms with van der Waals surface area (Å²) in [6.45, 7) is 1.33. The number of amides is 3. The zero-order valence-electron chi connectivity index (χ0n) is 13.3. The standard InChI is InChI=1S/C15H14Cl2N4O4S/c1-9(22)18-10-5-7-11(8-6-10)26(24,25)21-20-15(23)19-13-4-2-3-12(16)14(13)17/h2-8,21H,1H3,(H,18,22)(H2,19,20,23). The fourth-order valence-corrected chi connectivity index (χ4v) is 3.03. The Morgan fingerprint density at radius 1 is 0.962 bits per heavy atom. The molecule has 3 amide bonds. The molecule has 8 nitrogen and oxygen atoms in total. The summed E-state index contributed by atoms with van der Waals surface area (Å²) in [7, 11) is -4.00. The van der Waals surface area contributed by atoms with Crippen LogP contribution in [0, 0.1) is 0 Å². The summed E-state index contributed by atoms with van der Waals surface area (Å²) in [6.07, 6.45) is 0. The Kier molecular flexibility index (Phi) is 6.43. The number of hydrogen-bond donors (Lipinski definition) is 4. The molecule has 0 aromatic heterocycles. The third kappa shape index (κ3) is 5.33. The second-order valence-corrected chi connectivity index (χ2v) is 7.46. The number of hydrogen-bond acceptors (Lipinski definition) is 4. The first-order chi connectivity index (χ1) is 12.2. The minimum absolute atomic E-state index is 0.104. The number of hydrazine groups is 1. The molecule has 0 saturated carbocycles. The largest absolute Gasteiger partial charge is 0.334 e. The number of carbonyl (C=O) groups excluding carboxylic acids is 2. The number of benzene rings is 2. The molecule has 0 aliphatic carbocycles. The van der Waals surface area contributed by atoms with E-state index in [9.17, 15) is 18.0 Å². The maximum absolute atomic E-state index is 12.2. The van der Waals surface area contributed by atoms with Crippen molar-refractivity contribution in [3.63, 3.8) is 0 Å². The van der Waals surface area contributed by atoms with Crippen LogP contribution in [0.1, 0.15) is 6.92 Å². The number of anilines is 2. The summed E-state index contributed by atoms with van der Waals surface area (Å²) in [5.74, 6) is -0.281. The lowest BCUT2D eigenvalue weighted by molar-refractivity contribution is -0.114. The van der Waals surface area contributed by atoms with E-state index in [0.717, 1.165) is 0 Å². The van der Waals surface area contributed by atoms with Gasteiger partial charge in [0.1, 0.15) is 0 Å². The Labute approximate surface area is 159 Å². The number of rotatable bonds is 5. The fourth-order valence-electron chi connectivity index (χ4n) is 1.85. The average Bonchev–Trinajstić information content (AvgIpc) is 2.57. The van der Waals surface area contributed by atoms with Gasteiger partial charge in [-0.15, -0.1) is 4.83 Å². The highest BCUT2D eigenvalue weighted by Gasteiger charge is 2.16. The summed E-state index contributed by atoms with van der Waals surface area (Å²) in [6, 6.07) is 9.16. The van der Waals surface area contributed by atoms with Crippen LogP contribution in [0.15, 0.2) is 47.4 Å². The molecule has 0 bridgehead atoms. The zero-order chi connectivity index (χ0) is 19.3. The molecule has 26 heavy (non-hydrogen) atoms. The van der Waals surface area contributed by atoms with Crippen molar-refractivity contribution in [2.75, 3.05) is 10.6 Å². The van der Waals surface area contributed by atoms with Crippen LogP contribution in [-0.2, 0) is 14.8 Å². The summed E-state index contributed by atoms with van der Waals surface area (Å²) >= 11 is 11.8. The lowest BCUT2D eigenvalue weighted by Crippen LogP contribution is -2.43. The molecular weight excluding hydrogens is 403 g/mol. The minimum Gasteiger partial charge on any atom is -0.326 e. The predicted octanol–water partition coefficient (Wildman–Crippen LogP) is 2.97. The van der Waals surface area contributed by atoms with E-state index in [2.05, 4.69) is 10.6 Å². The van der Waals surface area contributed by atoms with Gasteiger partial charge in [-0.05, 0) is 36.4 Å². The molecule has 4 N–H and O–H groups in total. The van der Waals surface area contributed by atoms with Crippen LogP contribution in [-0.4, -0.2) is 20.4 Å². The Bertz CT molecular complexity index is 933. The molecule has 138 valence electrons. The van der Waals surface area contributed by atoms with Crippen molar-refractivity contribution < 1.29 is 18.0 Å². The monoisotopic (exact) mass is 416 g/mol. The molecule has 0 fully saturated rings. The molecule has 0 spiro atoms. The topological polar surface area (TPSA) is 116 Å². The van der Waals surface area contributed by atoms with Gasteiger partial charge < -0.3 is 10.6 Å². The van der Waals surface area contributed by atoms with E-state index < -0.39 is 16.1 Å². The third-order valence-corrected chi connectivity index (χ3v) is 5.07. The molecule has 2 rings (SSSR count). The van der Waals surface area contributed by atoms with Gasteiger partial charge in [-0.2, -0.15) is 0 Å². The maximum Gasteiger partial charge on any atom is 0.334 e. The molecule has 0 radical (unpaired) electrons. The predicted molar refractivity (Wildman–Crippen MR) is 99.7 cm³/mol. The van der Waals surface area contributed by atoms with E-state index in [1.54, 1.807) is 12.1 Å². The summed E-state index contributed by atoms with van der Waals surface area (Å²) in [5, 5.41) is 5.24. The van der Waals surface area contributed by atoms with Crippen molar-refractivity contribution in [3.05, 3.63) is 52.5 Å². The number of halogens is 2. The highest BCUT2D eigenvalue weighted by atomic mass is 35.5. The molecular formula is C15H14Cl2N4O4S. The fraction of sp³-hybridized carbons (Fsp3) is 0.0667. The molecule has 2 aromatic rings. The van der Waals surface area contributed by atoms with Crippen molar-refractivity contribution in [2.45, 2.75) is 11.8 Å². The summed E-state index contributed by atoms with van der Waals surface area (Å²) in [5.41, 5.74) is 2.66. The highest BCUT2D eigenvalue weighted by Crippen LogP contribution is 2.29. The highest BCUT2D eigenvalue weighted by molar-refractivity contribution is 7.89. The van der Waals surface area contributed by atoms with Crippen LogP contribution in [0.25, 0.3) is 0 Å². The van der Waals surface area contributed by atoms with Gasteiger partial charge in [-0.25, -0.2) is 13.2 Å². The first kappa shape index (κ1) is 20.0. The van der Waals surface area contributed by atoms with E-state index >= 15 is 0 Å². The number of nitrogens with one attached hydrogen (secondary N) is 4. The van der Waals surface area contributed by atoms with Gasteiger partial charge in [0.15, 0.2) is 0 Å². The number of sulfonamides is 1. The summed E-state index contributed by atoms with van der Waals surface area (Å²) < 4.78 is 24.3. The second-order valence-electron chi connectivity index (χ2n) is 4.99. The van der Waals surface area contributed by atoms with E-state index in [4.69, 9.17) is 23.2 Å². The van der Waals surface area contributed by atoms with E-state index in [1.165, 1.54) is 37.3 Å². The van der Waals surface area contributed by atoms with Crippen LogP contribution >= 0.6 is 23.2 Å². The Morgan fingerprint density at radius 2 is 1.62 bits per heavy atom. The van der Waals surface area contributed by atoms with E-state index in [0.29, 0.717) is 5.69 Å². The quantitative estimate of drug-likeness (QED) is 0.560. The van der Waals surface area contributed by atoms with E-state index in [1.807, 2.05) is 10.3 Å². The Morgan fingerprint density at radius 3 is 2.23 bits per heavy atom. The summed E-state index contributed by atoms with van der Waals surface area (Å²) in [4.78, 5) is 24.6. The SMILES string of the molecule is CC(=O)Nc1ccc(S(=O)(=O)NNC(=O)Nc2cccc(Cl)c2Cl)cc1. The first-order valence-electron chi connectivity index (χ1n) is 7.09. The molecule has 2 aromatic carbocycles. The van der Waals surface area contributed by atoms with Crippen molar-refractivity contribution in [2.24, 2.45) is 0 Å². The molecule has 0 aliphatic rings. The van der Waals surface area contributed by atoms with Gasteiger partial charge in [0, 0.05) is 12.6 Å². The molecule has 0 saturated heterocycles. The Balaban J connectivity index is 1.99. The zero-order valence-corrected chi connectivity index (χ0v) is 15.7. The number of carbonyl (C=O) groups is 2. The molecule has 0 unspecified atom stereocenters. The van der Waals surface area contributed by atoms with E-state index in [-0.39, 0.29) is 26.5 Å². The lowest BCUT2D eigenvalue weighted by atomic mass is 10.3. The Hall–Kier alpha value is -2.33. The third-order valence-electron chi connectivity index (χ3n) is 2.98. The number of urea groups is 1. The van der Waals surface area contributed by atoms with Gasteiger partial charge >= 0.3 is 6.03 Å².